The molecule has 7 nitrogen and oxygen atoms in total. The van der Waals surface area contributed by atoms with Gasteiger partial charge in [-0.1, -0.05) is 0 Å². The smallest absolute Gasteiger partial charge is 0.149 e. The maximum atomic E-state index is 4.76. The van der Waals surface area contributed by atoms with Crippen LogP contribution in [0, 0.1) is 0 Å². The number of hydrogen-bond donors (Lipinski definition) is 0. The van der Waals surface area contributed by atoms with Crippen molar-refractivity contribution in [2.75, 3.05) is 37.0 Å². The van der Waals surface area contributed by atoms with E-state index >= 15 is 0 Å². The van der Waals surface area contributed by atoms with Gasteiger partial charge in [-0.25, -0.2) is 9.97 Å². The quantitative estimate of drug-likeness (QED) is 0.694. The zero-order valence-electron chi connectivity index (χ0n) is 15.9. The van der Waals surface area contributed by atoms with Crippen LogP contribution in [0.15, 0.2) is 49.3 Å². The van der Waals surface area contributed by atoms with E-state index in [1.54, 1.807) is 6.20 Å². The number of nitrogens with zero attached hydrogens (tertiary/aromatic N) is 7. The van der Waals surface area contributed by atoms with Crippen molar-refractivity contribution in [1.82, 2.24) is 24.5 Å². The molecule has 0 spiro atoms. The van der Waals surface area contributed by atoms with Crippen molar-refractivity contribution in [2.24, 2.45) is 0 Å². The number of aromatic nitrogens is 5. The Bertz CT molecular complexity index is 875. The molecule has 27 heavy (non-hydrogen) atoms. The molecule has 7 heteroatoms. The first-order chi connectivity index (χ1) is 13.2. The van der Waals surface area contributed by atoms with Gasteiger partial charge in [-0.05, 0) is 30.5 Å². The Morgan fingerprint density at radius 2 is 1.96 bits per heavy atom. The van der Waals surface area contributed by atoms with Crippen molar-refractivity contribution in [1.29, 1.82) is 0 Å². The van der Waals surface area contributed by atoms with Gasteiger partial charge in [0.15, 0.2) is 0 Å². The van der Waals surface area contributed by atoms with Gasteiger partial charge >= 0.3 is 0 Å². The lowest BCUT2D eigenvalue weighted by Gasteiger charge is -2.33. The molecule has 0 aliphatic carbocycles. The minimum atomic E-state index is 0.389. The number of hydrogen-bond acceptors (Lipinski definition) is 6. The third-order valence-electron chi connectivity index (χ3n) is 5.03. The van der Waals surface area contributed by atoms with Crippen LogP contribution in [0.5, 0.6) is 0 Å². The number of pyridine rings is 1. The van der Waals surface area contributed by atoms with Crippen LogP contribution in [0.25, 0.3) is 0 Å². The summed E-state index contributed by atoms with van der Waals surface area (Å²) in [7, 11) is 3.98. The molecule has 1 aliphatic heterocycles. The van der Waals surface area contributed by atoms with Crippen molar-refractivity contribution < 1.29 is 0 Å². The van der Waals surface area contributed by atoms with Crippen molar-refractivity contribution in [3.63, 3.8) is 0 Å². The van der Waals surface area contributed by atoms with Crippen molar-refractivity contribution in [3.8, 4) is 0 Å². The number of piperidine rings is 1. The first-order valence-corrected chi connectivity index (χ1v) is 9.35. The largest absolute Gasteiger partial charge is 0.361 e. The van der Waals surface area contributed by atoms with Crippen molar-refractivity contribution in [3.05, 3.63) is 60.7 Å². The van der Waals surface area contributed by atoms with E-state index in [0.717, 1.165) is 49.9 Å². The van der Waals surface area contributed by atoms with E-state index in [0.29, 0.717) is 5.92 Å². The summed E-state index contributed by atoms with van der Waals surface area (Å²) in [4.78, 5) is 22.2. The maximum absolute atomic E-state index is 4.76. The Labute approximate surface area is 159 Å². The Balaban J connectivity index is 1.52. The molecule has 3 aromatic rings. The third kappa shape index (κ3) is 3.92. The van der Waals surface area contributed by atoms with Crippen LogP contribution in [-0.2, 0) is 6.54 Å². The van der Waals surface area contributed by atoms with E-state index in [9.17, 15) is 0 Å². The summed E-state index contributed by atoms with van der Waals surface area (Å²) in [6.07, 6.45) is 13.6. The molecule has 1 fully saturated rings. The molecular formula is C20H25N7. The van der Waals surface area contributed by atoms with Crippen LogP contribution >= 0.6 is 0 Å². The highest BCUT2D eigenvalue weighted by atomic mass is 15.2. The predicted molar refractivity (Wildman–Crippen MR) is 106 cm³/mol. The summed E-state index contributed by atoms with van der Waals surface area (Å²) in [6, 6.07) is 4.11. The van der Waals surface area contributed by atoms with Crippen LogP contribution in [0.2, 0.25) is 0 Å². The maximum Gasteiger partial charge on any atom is 0.149 e. The van der Waals surface area contributed by atoms with Crippen LogP contribution < -0.4 is 9.80 Å². The molecule has 0 bridgehead atoms. The zero-order valence-corrected chi connectivity index (χ0v) is 15.9. The van der Waals surface area contributed by atoms with Gasteiger partial charge in [0.05, 0.1) is 12.4 Å². The Hall–Kier alpha value is -2.96. The molecule has 0 radical (unpaired) electrons. The number of anilines is 2. The van der Waals surface area contributed by atoms with Crippen LogP contribution in [0.4, 0.5) is 11.6 Å². The lowest BCUT2D eigenvalue weighted by molar-refractivity contribution is 0.474. The predicted octanol–water partition coefficient (Wildman–Crippen LogP) is 2.57. The first-order valence-electron chi connectivity index (χ1n) is 9.35. The molecule has 0 saturated carbocycles. The van der Waals surface area contributed by atoms with Gasteiger partial charge in [0.25, 0.3) is 0 Å². The molecule has 0 N–H and O–H groups in total. The molecule has 4 rings (SSSR count). The summed E-state index contributed by atoms with van der Waals surface area (Å²) in [6.45, 7) is 2.75. The molecule has 1 aliphatic rings. The highest BCUT2D eigenvalue weighted by Crippen LogP contribution is 2.29. The minimum absolute atomic E-state index is 0.389. The second-order valence-electron chi connectivity index (χ2n) is 7.18. The summed E-state index contributed by atoms with van der Waals surface area (Å²) < 4.78 is 2.26. The van der Waals surface area contributed by atoms with E-state index in [1.807, 2.05) is 43.8 Å². The Morgan fingerprint density at radius 3 is 2.78 bits per heavy atom. The monoisotopic (exact) mass is 363 g/mol. The molecular weight excluding hydrogens is 338 g/mol. The van der Waals surface area contributed by atoms with Gasteiger partial charge in [-0.15, -0.1) is 0 Å². The summed E-state index contributed by atoms with van der Waals surface area (Å²) in [5.41, 5.74) is 1.24. The van der Waals surface area contributed by atoms with Gasteiger partial charge in [0.1, 0.15) is 17.5 Å². The van der Waals surface area contributed by atoms with Crippen LogP contribution in [0.3, 0.4) is 0 Å². The fourth-order valence-corrected chi connectivity index (χ4v) is 3.61. The second kappa shape index (κ2) is 7.73. The van der Waals surface area contributed by atoms with E-state index < -0.39 is 0 Å². The minimum Gasteiger partial charge on any atom is -0.361 e. The Morgan fingerprint density at radius 1 is 1.11 bits per heavy atom. The molecule has 1 atom stereocenters. The lowest BCUT2D eigenvalue weighted by atomic mass is 9.97. The third-order valence-corrected chi connectivity index (χ3v) is 5.03. The zero-order chi connectivity index (χ0) is 18.6. The van der Waals surface area contributed by atoms with Crippen LogP contribution in [-0.4, -0.2) is 51.7 Å². The second-order valence-corrected chi connectivity index (χ2v) is 7.18. The van der Waals surface area contributed by atoms with E-state index in [2.05, 4.69) is 42.7 Å². The fraction of sp³-hybridized carbons (Fsp3) is 0.400. The SMILES string of the molecule is CN(C)c1cncc(N2CCCC(c3nccn3Cc3ccncc3)C2)n1. The molecule has 1 unspecified atom stereocenters. The molecule has 1 saturated heterocycles. The standard InChI is InChI=1S/C20H25N7/c1-25(2)18-12-22-13-19(24-18)26-10-3-4-17(15-26)20-23-9-11-27(20)14-16-5-7-21-8-6-16/h5-9,11-13,17H,3-4,10,14-15H2,1-2H3. The van der Waals surface area contributed by atoms with Crippen molar-refractivity contribution in [2.45, 2.75) is 25.3 Å². The summed E-state index contributed by atoms with van der Waals surface area (Å²) in [5.74, 6) is 3.36. The average Bonchev–Trinajstić information content (AvgIpc) is 3.17. The van der Waals surface area contributed by atoms with Crippen LogP contribution in [0.1, 0.15) is 30.1 Å². The van der Waals surface area contributed by atoms with Gasteiger partial charge < -0.3 is 14.4 Å². The lowest BCUT2D eigenvalue weighted by Crippen LogP contribution is -2.36. The molecule has 140 valence electrons. The van der Waals surface area contributed by atoms with Gasteiger partial charge in [0.2, 0.25) is 0 Å². The normalized spacial score (nSPS) is 17.1. The van der Waals surface area contributed by atoms with E-state index in [1.165, 1.54) is 5.56 Å². The fourth-order valence-electron chi connectivity index (χ4n) is 3.61. The molecule has 0 amide bonds. The topological polar surface area (TPSA) is 63.0 Å². The van der Waals surface area contributed by atoms with Gasteiger partial charge in [0, 0.05) is 64.4 Å². The van der Waals surface area contributed by atoms with E-state index in [-0.39, 0.29) is 0 Å². The highest BCUT2D eigenvalue weighted by molar-refractivity contribution is 5.45. The average molecular weight is 363 g/mol. The Kier molecular flexibility index (Phi) is 5.00. The molecule has 4 heterocycles. The summed E-state index contributed by atoms with van der Waals surface area (Å²) in [5, 5.41) is 0. The van der Waals surface area contributed by atoms with Gasteiger partial charge in [-0.3, -0.25) is 9.97 Å². The van der Waals surface area contributed by atoms with Gasteiger partial charge in [-0.2, -0.15) is 0 Å². The number of rotatable bonds is 5. The summed E-state index contributed by atoms with van der Waals surface area (Å²) >= 11 is 0. The molecule has 3 aromatic heterocycles. The first kappa shape index (κ1) is 17.5. The molecule has 0 aromatic carbocycles. The van der Waals surface area contributed by atoms with E-state index in [4.69, 9.17) is 4.98 Å². The van der Waals surface area contributed by atoms with Crippen molar-refractivity contribution >= 4 is 11.6 Å². The highest BCUT2D eigenvalue weighted by Gasteiger charge is 2.26. The number of imidazole rings is 1.